The van der Waals surface area contributed by atoms with Gasteiger partial charge in [-0.1, -0.05) is 40.2 Å². The van der Waals surface area contributed by atoms with Crippen LogP contribution in [-0.2, 0) is 13.1 Å². The Bertz CT molecular complexity index is 1250. The van der Waals surface area contributed by atoms with Gasteiger partial charge in [-0.3, -0.25) is 9.59 Å². The predicted octanol–water partition coefficient (Wildman–Crippen LogP) is 5.54. The van der Waals surface area contributed by atoms with Crippen molar-refractivity contribution in [2.24, 2.45) is 0 Å². The predicted molar refractivity (Wildman–Crippen MR) is 117 cm³/mol. The van der Waals surface area contributed by atoms with Gasteiger partial charge in [-0.05, 0) is 54.1 Å². The average Bonchev–Trinajstić information content (AvgIpc) is 2.77. The topological polar surface area (TPSA) is 50.5 Å². The Labute approximate surface area is 180 Å². The molecule has 0 spiro atoms. The fourth-order valence-electron chi connectivity index (χ4n) is 3.22. The molecule has 0 radical (unpaired) electrons. The van der Waals surface area contributed by atoms with Crippen LogP contribution in [0.25, 0.3) is 11.0 Å². The summed E-state index contributed by atoms with van der Waals surface area (Å²) >= 11 is 3.36. The minimum atomic E-state index is -0.347. The van der Waals surface area contributed by atoms with Crippen molar-refractivity contribution in [1.29, 1.82) is 0 Å². The zero-order chi connectivity index (χ0) is 21.1. The smallest absolute Gasteiger partial charge is 0.254 e. The number of halogens is 2. The molecule has 4 nitrogen and oxygen atoms in total. The molecule has 1 amide bonds. The highest BCUT2D eigenvalue weighted by molar-refractivity contribution is 9.10. The molecule has 0 N–H and O–H groups in total. The van der Waals surface area contributed by atoms with Crippen LogP contribution < -0.4 is 5.43 Å². The summed E-state index contributed by atoms with van der Waals surface area (Å²) in [4.78, 5) is 27.7. The number of carbonyl (C=O) groups is 1. The van der Waals surface area contributed by atoms with E-state index in [-0.39, 0.29) is 30.2 Å². The first-order valence-corrected chi connectivity index (χ1v) is 10.1. The SMILES string of the molecule is O=C(c1ccc(Br)cc1)N(Cc1ccc(F)cc1)Cc1coc2ccccc2c1=O. The van der Waals surface area contributed by atoms with Crippen molar-refractivity contribution in [3.63, 3.8) is 0 Å². The van der Waals surface area contributed by atoms with Gasteiger partial charge in [0.15, 0.2) is 5.43 Å². The van der Waals surface area contributed by atoms with Crippen molar-refractivity contribution >= 4 is 32.8 Å². The van der Waals surface area contributed by atoms with Crippen LogP contribution in [0.2, 0.25) is 0 Å². The molecule has 0 aliphatic heterocycles. The Hall–Kier alpha value is -3.25. The lowest BCUT2D eigenvalue weighted by molar-refractivity contribution is 0.0729. The van der Waals surface area contributed by atoms with Crippen LogP contribution in [-0.4, -0.2) is 10.8 Å². The Kier molecular flexibility index (Phi) is 5.77. The Morgan fingerprint density at radius 3 is 2.37 bits per heavy atom. The summed E-state index contributed by atoms with van der Waals surface area (Å²) in [6.07, 6.45) is 1.40. The lowest BCUT2D eigenvalue weighted by Crippen LogP contribution is -2.32. The third-order valence-electron chi connectivity index (χ3n) is 4.78. The van der Waals surface area contributed by atoms with Crippen molar-refractivity contribution in [3.8, 4) is 0 Å². The molecule has 4 rings (SSSR count). The molecule has 1 aromatic heterocycles. The standard InChI is InChI=1S/C24H17BrFNO3/c25-19-9-7-17(8-10-19)24(29)27(13-16-5-11-20(26)12-6-16)14-18-15-30-22-4-2-1-3-21(22)23(18)28/h1-12,15H,13-14H2. The van der Waals surface area contributed by atoms with Crippen molar-refractivity contribution in [3.05, 3.63) is 116 Å². The third kappa shape index (κ3) is 4.33. The van der Waals surface area contributed by atoms with Crippen molar-refractivity contribution in [2.45, 2.75) is 13.1 Å². The zero-order valence-electron chi connectivity index (χ0n) is 15.8. The molecule has 30 heavy (non-hydrogen) atoms. The fourth-order valence-corrected chi connectivity index (χ4v) is 3.48. The van der Waals surface area contributed by atoms with E-state index in [1.807, 2.05) is 0 Å². The number of hydrogen-bond donors (Lipinski definition) is 0. The number of para-hydroxylation sites is 1. The first-order chi connectivity index (χ1) is 14.5. The quantitative estimate of drug-likeness (QED) is 0.388. The second kappa shape index (κ2) is 8.63. The lowest BCUT2D eigenvalue weighted by atomic mass is 10.1. The van der Waals surface area contributed by atoms with E-state index in [0.29, 0.717) is 22.1 Å². The van der Waals surface area contributed by atoms with E-state index in [4.69, 9.17) is 4.42 Å². The van der Waals surface area contributed by atoms with Crippen LogP contribution in [0.4, 0.5) is 4.39 Å². The maximum Gasteiger partial charge on any atom is 0.254 e. The molecule has 0 fully saturated rings. The summed E-state index contributed by atoms with van der Waals surface area (Å²) in [6, 6.07) is 19.9. The zero-order valence-corrected chi connectivity index (χ0v) is 17.4. The Morgan fingerprint density at radius 1 is 0.933 bits per heavy atom. The third-order valence-corrected chi connectivity index (χ3v) is 5.31. The van der Waals surface area contributed by atoms with Crippen LogP contribution in [0.15, 0.2) is 92.7 Å². The van der Waals surface area contributed by atoms with Gasteiger partial charge < -0.3 is 9.32 Å². The summed E-state index contributed by atoms with van der Waals surface area (Å²) < 4.78 is 19.8. The summed E-state index contributed by atoms with van der Waals surface area (Å²) in [6.45, 7) is 0.293. The van der Waals surface area contributed by atoms with Gasteiger partial charge in [0.25, 0.3) is 5.91 Å². The number of hydrogen-bond acceptors (Lipinski definition) is 3. The molecule has 6 heteroatoms. The van der Waals surface area contributed by atoms with Gasteiger partial charge in [0.2, 0.25) is 0 Å². The van der Waals surface area contributed by atoms with E-state index < -0.39 is 0 Å². The molecular formula is C24H17BrFNO3. The van der Waals surface area contributed by atoms with Crippen LogP contribution in [0.1, 0.15) is 21.5 Å². The Morgan fingerprint density at radius 2 is 1.63 bits per heavy atom. The number of carbonyl (C=O) groups excluding carboxylic acids is 1. The maximum atomic E-state index is 13.3. The molecule has 0 atom stereocenters. The second-order valence-corrected chi connectivity index (χ2v) is 7.80. The highest BCUT2D eigenvalue weighted by Crippen LogP contribution is 2.18. The number of rotatable bonds is 5. The van der Waals surface area contributed by atoms with E-state index in [2.05, 4.69) is 15.9 Å². The van der Waals surface area contributed by atoms with Crippen molar-refractivity contribution in [2.75, 3.05) is 0 Å². The van der Waals surface area contributed by atoms with Gasteiger partial charge in [0, 0.05) is 16.6 Å². The lowest BCUT2D eigenvalue weighted by Gasteiger charge is -2.23. The minimum Gasteiger partial charge on any atom is -0.464 e. The summed E-state index contributed by atoms with van der Waals surface area (Å²) in [5.41, 5.74) is 1.94. The minimum absolute atomic E-state index is 0.0689. The fraction of sp³-hybridized carbons (Fsp3) is 0.0833. The highest BCUT2D eigenvalue weighted by Gasteiger charge is 2.19. The van der Waals surface area contributed by atoms with Gasteiger partial charge in [-0.25, -0.2) is 4.39 Å². The summed E-state index contributed by atoms with van der Waals surface area (Å²) in [7, 11) is 0. The van der Waals surface area contributed by atoms with E-state index in [9.17, 15) is 14.0 Å². The van der Waals surface area contributed by atoms with Gasteiger partial charge in [0.05, 0.1) is 23.8 Å². The molecule has 4 aromatic rings. The summed E-state index contributed by atoms with van der Waals surface area (Å²) in [5, 5.41) is 0.466. The van der Waals surface area contributed by atoms with Crippen LogP contribution in [0, 0.1) is 5.82 Å². The molecule has 150 valence electrons. The number of benzene rings is 3. The normalized spacial score (nSPS) is 10.9. The van der Waals surface area contributed by atoms with Crippen LogP contribution in [0.3, 0.4) is 0 Å². The van der Waals surface area contributed by atoms with Crippen molar-refractivity contribution < 1.29 is 13.6 Å². The van der Waals surface area contributed by atoms with Gasteiger partial charge in [-0.2, -0.15) is 0 Å². The summed E-state index contributed by atoms with van der Waals surface area (Å²) in [5.74, 6) is -0.584. The second-order valence-electron chi connectivity index (χ2n) is 6.88. The van der Waals surface area contributed by atoms with Gasteiger partial charge in [0.1, 0.15) is 11.4 Å². The molecular weight excluding hydrogens is 449 g/mol. The van der Waals surface area contributed by atoms with E-state index >= 15 is 0 Å². The van der Waals surface area contributed by atoms with Gasteiger partial charge >= 0.3 is 0 Å². The molecule has 0 aliphatic rings. The molecule has 0 unspecified atom stereocenters. The van der Waals surface area contributed by atoms with Gasteiger partial charge in [-0.15, -0.1) is 0 Å². The monoisotopic (exact) mass is 465 g/mol. The number of amides is 1. The molecule has 1 heterocycles. The number of nitrogens with zero attached hydrogens (tertiary/aromatic N) is 1. The van der Waals surface area contributed by atoms with Crippen molar-refractivity contribution in [1.82, 2.24) is 4.90 Å². The first-order valence-electron chi connectivity index (χ1n) is 9.30. The van der Waals surface area contributed by atoms with E-state index in [1.54, 1.807) is 65.6 Å². The highest BCUT2D eigenvalue weighted by atomic mass is 79.9. The molecule has 0 bridgehead atoms. The number of fused-ring (bicyclic) bond motifs is 1. The molecule has 0 saturated carbocycles. The molecule has 0 saturated heterocycles. The van der Waals surface area contributed by atoms with E-state index in [0.717, 1.165) is 10.0 Å². The molecule has 0 aliphatic carbocycles. The van der Waals surface area contributed by atoms with Crippen LogP contribution in [0.5, 0.6) is 0 Å². The molecule has 3 aromatic carbocycles. The maximum absolute atomic E-state index is 13.3. The Balaban J connectivity index is 1.70. The average molecular weight is 466 g/mol. The van der Waals surface area contributed by atoms with E-state index in [1.165, 1.54) is 18.4 Å². The first kappa shape index (κ1) is 20.0. The van der Waals surface area contributed by atoms with Crippen LogP contribution >= 0.6 is 15.9 Å². The largest absolute Gasteiger partial charge is 0.464 e.